The normalized spacial score (nSPS) is 18.4. The number of cyclic esters (lactones) is 1. The second-order valence-corrected chi connectivity index (χ2v) is 7.59. The van der Waals surface area contributed by atoms with Crippen LogP contribution >= 0.6 is 0 Å². The molecular weight excluding hydrogens is 312 g/mol. The van der Waals surface area contributed by atoms with Gasteiger partial charge in [0.25, 0.3) is 0 Å². The number of unbranched alkanes of at least 4 members (excludes halogenated alkanes) is 7. The molecule has 0 aliphatic carbocycles. The lowest BCUT2D eigenvalue weighted by molar-refractivity contribution is -0.144. The summed E-state index contributed by atoms with van der Waals surface area (Å²) in [6.45, 7) is 7.01. The van der Waals surface area contributed by atoms with Crippen LogP contribution in [0.1, 0.15) is 104 Å². The molecular formula is C22H40O3. The highest BCUT2D eigenvalue weighted by molar-refractivity contribution is 5.91. The van der Waals surface area contributed by atoms with Crippen LogP contribution < -0.4 is 0 Å². The number of carbonyl (C=O) groups is 1. The summed E-state index contributed by atoms with van der Waals surface area (Å²) >= 11 is 0. The Bertz CT molecular complexity index is 402. The van der Waals surface area contributed by atoms with E-state index >= 15 is 0 Å². The number of hydrogen-bond donors (Lipinski definition) is 1. The first-order valence-corrected chi connectivity index (χ1v) is 10.7. The molecule has 0 amide bonds. The molecule has 2 unspecified atom stereocenters. The van der Waals surface area contributed by atoms with Gasteiger partial charge in [-0.15, -0.1) is 0 Å². The highest BCUT2D eigenvalue weighted by Gasteiger charge is 2.42. The molecule has 0 aromatic rings. The van der Waals surface area contributed by atoms with Gasteiger partial charge in [-0.2, -0.15) is 0 Å². The van der Waals surface area contributed by atoms with Gasteiger partial charge in [0.15, 0.2) is 0 Å². The van der Waals surface area contributed by atoms with Crippen LogP contribution in [0.4, 0.5) is 0 Å². The molecule has 0 radical (unpaired) electrons. The van der Waals surface area contributed by atoms with Crippen molar-refractivity contribution in [3.05, 3.63) is 11.6 Å². The van der Waals surface area contributed by atoms with Crippen molar-refractivity contribution >= 4 is 5.97 Å². The third kappa shape index (κ3) is 7.13. The summed E-state index contributed by atoms with van der Waals surface area (Å²) in [6.07, 6.45) is 15.8. The van der Waals surface area contributed by atoms with E-state index in [1.54, 1.807) is 0 Å². The maximum absolute atomic E-state index is 12.3. The van der Waals surface area contributed by atoms with Crippen molar-refractivity contribution in [1.29, 1.82) is 0 Å². The van der Waals surface area contributed by atoms with E-state index in [9.17, 15) is 9.90 Å². The average molecular weight is 353 g/mol. The fourth-order valence-electron chi connectivity index (χ4n) is 4.02. The zero-order valence-corrected chi connectivity index (χ0v) is 16.8. The van der Waals surface area contributed by atoms with Crippen molar-refractivity contribution in [3.8, 4) is 0 Å². The lowest BCUT2D eigenvalue weighted by Crippen LogP contribution is -2.44. The topological polar surface area (TPSA) is 46.5 Å². The van der Waals surface area contributed by atoms with Crippen LogP contribution in [-0.4, -0.2) is 23.3 Å². The molecule has 1 heterocycles. The minimum atomic E-state index is -1.01. The second kappa shape index (κ2) is 12.5. The fourth-order valence-corrected chi connectivity index (χ4v) is 4.02. The summed E-state index contributed by atoms with van der Waals surface area (Å²) in [5.74, 6) is -0.151. The van der Waals surface area contributed by atoms with E-state index in [-0.39, 0.29) is 11.9 Å². The number of ether oxygens (including phenoxy) is 1. The predicted molar refractivity (Wildman–Crippen MR) is 105 cm³/mol. The van der Waals surface area contributed by atoms with E-state index in [4.69, 9.17) is 4.74 Å². The van der Waals surface area contributed by atoms with E-state index in [0.29, 0.717) is 18.6 Å². The van der Waals surface area contributed by atoms with Crippen LogP contribution in [0.2, 0.25) is 0 Å². The molecule has 0 fully saturated rings. The van der Waals surface area contributed by atoms with Gasteiger partial charge in [0.05, 0.1) is 17.8 Å². The number of aliphatic hydroxyl groups is 1. The van der Waals surface area contributed by atoms with Crippen molar-refractivity contribution in [2.24, 2.45) is 5.92 Å². The van der Waals surface area contributed by atoms with E-state index in [1.165, 1.54) is 38.5 Å². The Hall–Kier alpha value is -0.830. The Morgan fingerprint density at radius 1 is 1.04 bits per heavy atom. The van der Waals surface area contributed by atoms with Gasteiger partial charge in [0.2, 0.25) is 0 Å². The van der Waals surface area contributed by atoms with Gasteiger partial charge < -0.3 is 9.84 Å². The lowest BCUT2D eigenvalue weighted by atomic mass is 9.73. The second-order valence-electron chi connectivity index (χ2n) is 7.59. The molecule has 1 N–H and O–H groups in total. The summed E-state index contributed by atoms with van der Waals surface area (Å²) < 4.78 is 5.25. The summed E-state index contributed by atoms with van der Waals surface area (Å²) in [4.78, 5) is 12.3. The van der Waals surface area contributed by atoms with Crippen molar-refractivity contribution in [1.82, 2.24) is 0 Å². The van der Waals surface area contributed by atoms with Crippen LogP contribution in [-0.2, 0) is 9.53 Å². The van der Waals surface area contributed by atoms with Gasteiger partial charge in [-0.25, -0.2) is 4.79 Å². The zero-order chi connectivity index (χ0) is 18.5. The Balaban J connectivity index is 2.80. The highest BCUT2D eigenvalue weighted by Crippen LogP contribution is 2.39. The quantitative estimate of drug-likeness (QED) is 0.310. The lowest BCUT2D eigenvalue weighted by Gasteiger charge is -2.38. The molecule has 146 valence electrons. The standard InChI is InChI=1S/C22H40O3/c1-4-7-9-11-13-17-22(24,20-16-14-18-25-21(20)23)19(6-3)15-12-10-8-5-2/h16,19,24H,4-15,17-18H2,1-3H3. The first-order valence-electron chi connectivity index (χ1n) is 10.7. The molecule has 25 heavy (non-hydrogen) atoms. The third-order valence-electron chi connectivity index (χ3n) is 5.62. The molecule has 0 spiro atoms. The molecule has 3 heteroatoms. The molecule has 0 aromatic heterocycles. The average Bonchev–Trinajstić information content (AvgIpc) is 2.62. The van der Waals surface area contributed by atoms with Gasteiger partial charge in [0, 0.05) is 6.42 Å². The van der Waals surface area contributed by atoms with E-state index in [0.717, 1.165) is 38.5 Å². The van der Waals surface area contributed by atoms with Gasteiger partial charge >= 0.3 is 5.97 Å². The highest BCUT2D eigenvalue weighted by atomic mass is 16.5. The molecule has 1 aliphatic heterocycles. The van der Waals surface area contributed by atoms with Crippen LogP contribution in [0, 0.1) is 5.92 Å². The SMILES string of the molecule is CCCCCCCC(O)(C1=CCCOC1=O)C(CC)CCCCCC. The van der Waals surface area contributed by atoms with Crippen LogP contribution in [0.15, 0.2) is 11.6 Å². The molecule has 1 aliphatic rings. The molecule has 0 saturated heterocycles. The maximum Gasteiger partial charge on any atom is 0.336 e. The Labute approximate surface area is 155 Å². The molecule has 1 rings (SSSR count). The van der Waals surface area contributed by atoms with E-state index < -0.39 is 5.60 Å². The van der Waals surface area contributed by atoms with Gasteiger partial charge in [-0.1, -0.05) is 91.1 Å². The van der Waals surface area contributed by atoms with Gasteiger partial charge in [0.1, 0.15) is 0 Å². The Morgan fingerprint density at radius 2 is 1.68 bits per heavy atom. The Kier molecular flexibility index (Phi) is 11.1. The monoisotopic (exact) mass is 352 g/mol. The first kappa shape index (κ1) is 22.2. The van der Waals surface area contributed by atoms with Crippen molar-refractivity contribution in [2.45, 2.75) is 110 Å². The molecule has 0 saturated carbocycles. The first-order chi connectivity index (χ1) is 12.1. The molecule has 0 aromatic carbocycles. The van der Waals surface area contributed by atoms with E-state index in [2.05, 4.69) is 20.8 Å². The molecule has 0 bridgehead atoms. The number of esters is 1. The predicted octanol–water partition coefficient (Wildman–Crippen LogP) is 5.95. The van der Waals surface area contributed by atoms with Gasteiger partial charge in [-0.05, 0) is 18.8 Å². The minimum Gasteiger partial charge on any atom is -0.462 e. The minimum absolute atomic E-state index is 0.146. The van der Waals surface area contributed by atoms with Crippen LogP contribution in [0.3, 0.4) is 0 Å². The van der Waals surface area contributed by atoms with Crippen molar-refractivity contribution in [2.75, 3.05) is 6.61 Å². The van der Waals surface area contributed by atoms with Crippen molar-refractivity contribution < 1.29 is 14.6 Å². The zero-order valence-electron chi connectivity index (χ0n) is 16.8. The molecule has 2 atom stereocenters. The summed E-state index contributed by atoms with van der Waals surface area (Å²) in [6, 6.07) is 0. The summed E-state index contributed by atoms with van der Waals surface area (Å²) in [7, 11) is 0. The number of rotatable bonds is 14. The van der Waals surface area contributed by atoms with Crippen LogP contribution in [0.25, 0.3) is 0 Å². The van der Waals surface area contributed by atoms with Crippen molar-refractivity contribution in [3.63, 3.8) is 0 Å². The van der Waals surface area contributed by atoms with Gasteiger partial charge in [-0.3, -0.25) is 0 Å². The number of hydrogen-bond acceptors (Lipinski definition) is 3. The van der Waals surface area contributed by atoms with Crippen LogP contribution in [0.5, 0.6) is 0 Å². The maximum atomic E-state index is 12.3. The molecule has 3 nitrogen and oxygen atoms in total. The van der Waals surface area contributed by atoms with E-state index in [1.807, 2.05) is 6.08 Å². The Morgan fingerprint density at radius 3 is 2.28 bits per heavy atom. The summed E-state index contributed by atoms with van der Waals surface area (Å²) in [5, 5.41) is 11.6. The fraction of sp³-hybridized carbons (Fsp3) is 0.864. The largest absolute Gasteiger partial charge is 0.462 e. The third-order valence-corrected chi connectivity index (χ3v) is 5.62. The number of carbonyl (C=O) groups excluding carboxylic acids is 1. The summed E-state index contributed by atoms with van der Waals surface area (Å²) in [5.41, 5.74) is -0.471. The smallest absolute Gasteiger partial charge is 0.336 e.